The van der Waals surface area contributed by atoms with Gasteiger partial charge in [0.15, 0.2) is 5.82 Å². The minimum atomic E-state index is -0.301. The molecule has 2 amide bonds. The standard InChI is InChI=1S/C24H24FN5O/c1-16-5-6-17(2)19(14-16)27-24(31)29-12-10-28(11-13-29)23-22-4-3-9-30(22)21-8-7-18(25)15-20(21)26-23/h3-9,14-15H,10-13H2,1-2H3,(H,27,31). The van der Waals surface area contributed by atoms with Gasteiger partial charge in [-0.05, 0) is 55.3 Å². The van der Waals surface area contributed by atoms with Gasteiger partial charge < -0.3 is 19.5 Å². The number of hydrogen-bond donors (Lipinski definition) is 1. The number of benzene rings is 2. The van der Waals surface area contributed by atoms with Crippen molar-refractivity contribution in [2.45, 2.75) is 13.8 Å². The van der Waals surface area contributed by atoms with E-state index in [1.807, 2.05) is 59.7 Å². The Kier molecular flexibility index (Phi) is 4.73. The highest BCUT2D eigenvalue weighted by molar-refractivity contribution is 5.90. The fraction of sp³-hybridized carbons (Fsp3) is 0.250. The number of rotatable bonds is 2. The zero-order chi connectivity index (χ0) is 21.5. The van der Waals surface area contributed by atoms with E-state index in [0.29, 0.717) is 31.7 Å². The van der Waals surface area contributed by atoms with Crippen molar-refractivity contribution in [1.29, 1.82) is 0 Å². The van der Waals surface area contributed by atoms with Gasteiger partial charge in [0.05, 0.1) is 16.6 Å². The molecule has 0 aliphatic carbocycles. The van der Waals surface area contributed by atoms with Crippen molar-refractivity contribution in [1.82, 2.24) is 14.3 Å². The van der Waals surface area contributed by atoms with Gasteiger partial charge in [-0.15, -0.1) is 0 Å². The molecule has 7 heteroatoms. The number of carbonyl (C=O) groups excluding carboxylic acids is 1. The first kappa shape index (κ1) is 19.4. The fourth-order valence-electron chi connectivity index (χ4n) is 4.15. The van der Waals surface area contributed by atoms with Gasteiger partial charge >= 0.3 is 6.03 Å². The molecule has 1 aliphatic rings. The maximum absolute atomic E-state index is 13.8. The minimum Gasteiger partial charge on any atom is -0.351 e. The van der Waals surface area contributed by atoms with E-state index in [4.69, 9.17) is 4.98 Å². The van der Waals surface area contributed by atoms with Gasteiger partial charge in [0.25, 0.3) is 0 Å². The van der Waals surface area contributed by atoms with Gasteiger partial charge in [-0.1, -0.05) is 12.1 Å². The van der Waals surface area contributed by atoms with Crippen LogP contribution in [0.15, 0.2) is 54.7 Å². The van der Waals surface area contributed by atoms with E-state index in [1.165, 1.54) is 12.1 Å². The largest absolute Gasteiger partial charge is 0.351 e. The third-order valence-electron chi connectivity index (χ3n) is 5.90. The Morgan fingerprint density at radius 1 is 1.00 bits per heavy atom. The summed E-state index contributed by atoms with van der Waals surface area (Å²) in [6.07, 6.45) is 1.97. The van der Waals surface area contributed by atoms with Crippen molar-refractivity contribution in [2.75, 3.05) is 36.4 Å². The topological polar surface area (TPSA) is 52.9 Å². The second kappa shape index (κ2) is 7.58. The van der Waals surface area contributed by atoms with Crippen LogP contribution >= 0.6 is 0 Å². The van der Waals surface area contributed by atoms with Gasteiger partial charge in [-0.3, -0.25) is 0 Å². The van der Waals surface area contributed by atoms with Gasteiger partial charge in [0, 0.05) is 44.1 Å². The SMILES string of the molecule is Cc1ccc(C)c(NC(=O)N2CCN(c3nc4cc(F)ccc4n4cccc34)CC2)c1. The number of urea groups is 1. The monoisotopic (exact) mass is 417 g/mol. The van der Waals surface area contributed by atoms with E-state index in [-0.39, 0.29) is 11.8 Å². The number of nitrogens with one attached hydrogen (secondary N) is 1. The predicted octanol–water partition coefficient (Wildman–Crippen LogP) is 4.60. The summed E-state index contributed by atoms with van der Waals surface area (Å²) in [5.41, 5.74) is 5.47. The Hall–Kier alpha value is -3.61. The van der Waals surface area contributed by atoms with E-state index in [2.05, 4.69) is 10.2 Å². The first-order chi connectivity index (χ1) is 15.0. The first-order valence-electron chi connectivity index (χ1n) is 10.4. The lowest BCUT2D eigenvalue weighted by Gasteiger charge is -2.35. The normalized spacial score (nSPS) is 14.4. The Labute approximate surface area is 179 Å². The number of carbonyl (C=O) groups is 1. The van der Waals surface area contributed by atoms with Crippen LogP contribution in [0, 0.1) is 19.7 Å². The summed E-state index contributed by atoms with van der Waals surface area (Å²) < 4.78 is 15.8. The summed E-state index contributed by atoms with van der Waals surface area (Å²) in [5.74, 6) is 0.517. The molecule has 158 valence electrons. The van der Waals surface area contributed by atoms with Crippen molar-refractivity contribution in [2.24, 2.45) is 0 Å². The molecule has 1 saturated heterocycles. The first-order valence-corrected chi connectivity index (χ1v) is 10.4. The molecule has 4 aromatic rings. The molecule has 6 nitrogen and oxygen atoms in total. The van der Waals surface area contributed by atoms with E-state index in [9.17, 15) is 9.18 Å². The summed E-state index contributed by atoms with van der Waals surface area (Å²) in [6.45, 7) is 6.51. The van der Waals surface area contributed by atoms with Crippen LogP contribution in [0.25, 0.3) is 16.6 Å². The van der Waals surface area contributed by atoms with Crippen LogP contribution in [-0.4, -0.2) is 46.5 Å². The summed E-state index contributed by atoms with van der Waals surface area (Å²) in [6, 6.07) is 14.6. The predicted molar refractivity (Wildman–Crippen MR) is 121 cm³/mol. The molecule has 0 atom stereocenters. The molecule has 0 radical (unpaired) electrons. The average Bonchev–Trinajstić information content (AvgIpc) is 3.25. The molecule has 2 aromatic heterocycles. The number of amides is 2. The van der Waals surface area contributed by atoms with Crippen molar-refractivity contribution < 1.29 is 9.18 Å². The van der Waals surface area contributed by atoms with Gasteiger partial charge in [-0.2, -0.15) is 0 Å². The molecular weight excluding hydrogens is 393 g/mol. The number of nitrogens with zero attached hydrogens (tertiary/aromatic N) is 4. The maximum Gasteiger partial charge on any atom is 0.321 e. The van der Waals surface area contributed by atoms with Gasteiger partial charge in [-0.25, -0.2) is 14.2 Å². The lowest BCUT2D eigenvalue weighted by atomic mass is 10.1. The van der Waals surface area contributed by atoms with Crippen molar-refractivity contribution in [3.63, 3.8) is 0 Å². The Balaban J connectivity index is 1.35. The molecule has 1 fully saturated rings. The van der Waals surface area contributed by atoms with Gasteiger partial charge in [0.2, 0.25) is 0 Å². The van der Waals surface area contributed by atoms with E-state index in [0.717, 1.165) is 33.7 Å². The van der Waals surface area contributed by atoms with Crippen molar-refractivity contribution in [3.8, 4) is 0 Å². The molecule has 0 spiro atoms. The highest BCUT2D eigenvalue weighted by Gasteiger charge is 2.24. The molecule has 5 rings (SSSR count). The summed E-state index contributed by atoms with van der Waals surface area (Å²) >= 11 is 0. The minimum absolute atomic E-state index is 0.0882. The molecule has 0 bridgehead atoms. The van der Waals surface area contributed by atoms with E-state index >= 15 is 0 Å². The Bertz CT molecular complexity index is 1290. The molecule has 1 aliphatic heterocycles. The average molecular weight is 417 g/mol. The quantitative estimate of drug-likeness (QED) is 0.519. The third kappa shape index (κ3) is 3.56. The number of hydrogen-bond acceptors (Lipinski definition) is 3. The van der Waals surface area contributed by atoms with Crippen LogP contribution in [0.3, 0.4) is 0 Å². The Morgan fingerprint density at radius 2 is 1.81 bits per heavy atom. The lowest BCUT2D eigenvalue weighted by molar-refractivity contribution is 0.208. The number of fused-ring (bicyclic) bond motifs is 3. The van der Waals surface area contributed by atoms with Crippen LogP contribution < -0.4 is 10.2 Å². The molecule has 2 aromatic carbocycles. The van der Waals surface area contributed by atoms with Crippen molar-refractivity contribution >= 4 is 34.1 Å². The lowest BCUT2D eigenvalue weighted by Crippen LogP contribution is -2.50. The molecule has 3 heterocycles. The molecule has 0 saturated carbocycles. The second-order valence-electron chi connectivity index (χ2n) is 8.05. The maximum atomic E-state index is 13.8. The molecular formula is C24H24FN5O. The summed E-state index contributed by atoms with van der Waals surface area (Å²) in [5, 5.41) is 3.04. The van der Waals surface area contributed by atoms with E-state index < -0.39 is 0 Å². The number of anilines is 2. The summed E-state index contributed by atoms with van der Waals surface area (Å²) in [4.78, 5) is 21.6. The molecule has 0 unspecified atom stereocenters. The number of aromatic nitrogens is 2. The highest BCUT2D eigenvalue weighted by atomic mass is 19.1. The second-order valence-corrected chi connectivity index (χ2v) is 8.05. The van der Waals surface area contributed by atoms with Crippen LogP contribution in [-0.2, 0) is 0 Å². The van der Waals surface area contributed by atoms with Crippen LogP contribution in [0.1, 0.15) is 11.1 Å². The van der Waals surface area contributed by atoms with E-state index in [1.54, 1.807) is 6.07 Å². The van der Waals surface area contributed by atoms with Crippen molar-refractivity contribution in [3.05, 3.63) is 71.7 Å². The number of aryl methyl sites for hydroxylation is 2. The van der Waals surface area contributed by atoms with Crippen LogP contribution in [0.5, 0.6) is 0 Å². The number of piperazine rings is 1. The zero-order valence-electron chi connectivity index (χ0n) is 17.6. The zero-order valence-corrected chi connectivity index (χ0v) is 17.6. The van der Waals surface area contributed by atoms with Crippen LogP contribution in [0.4, 0.5) is 20.7 Å². The fourth-order valence-corrected chi connectivity index (χ4v) is 4.15. The molecule has 31 heavy (non-hydrogen) atoms. The third-order valence-corrected chi connectivity index (χ3v) is 5.90. The Morgan fingerprint density at radius 3 is 2.61 bits per heavy atom. The van der Waals surface area contributed by atoms with Crippen LogP contribution in [0.2, 0.25) is 0 Å². The highest BCUT2D eigenvalue weighted by Crippen LogP contribution is 2.27. The number of halogens is 1. The smallest absolute Gasteiger partial charge is 0.321 e. The summed E-state index contributed by atoms with van der Waals surface area (Å²) in [7, 11) is 0. The molecule has 1 N–H and O–H groups in total. The van der Waals surface area contributed by atoms with Gasteiger partial charge in [0.1, 0.15) is 5.82 Å².